The summed E-state index contributed by atoms with van der Waals surface area (Å²) in [5.74, 6) is 0.281. The van der Waals surface area contributed by atoms with Crippen molar-refractivity contribution < 1.29 is 14.3 Å². The highest BCUT2D eigenvalue weighted by Gasteiger charge is 2.50. The molecule has 0 saturated carbocycles. The van der Waals surface area contributed by atoms with Crippen LogP contribution in [0, 0.1) is 0 Å². The van der Waals surface area contributed by atoms with E-state index >= 15 is 0 Å². The molecule has 3 aliphatic heterocycles. The summed E-state index contributed by atoms with van der Waals surface area (Å²) >= 11 is 0. The smallest absolute Gasteiger partial charge is 0.246 e. The molecule has 3 heterocycles. The van der Waals surface area contributed by atoms with Crippen LogP contribution < -0.4 is 0 Å². The largest absolute Gasteiger partial charge is 0.381 e. The molecule has 0 N–H and O–H groups in total. The molecule has 20 heavy (non-hydrogen) atoms. The lowest BCUT2D eigenvalue weighted by Crippen LogP contribution is -2.70. The van der Waals surface area contributed by atoms with Crippen LogP contribution in [0.4, 0.5) is 0 Å². The first-order valence-corrected chi connectivity index (χ1v) is 7.76. The molecule has 112 valence electrons. The van der Waals surface area contributed by atoms with Crippen molar-refractivity contribution in [1.82, 2.24) is 9.80 Å². The topological polar surface area (TPSA) is 49.9 Å². The van der Waals surface area contributed by atoms with Crippen molar-refractivity contribution in [3.05, 3.63) is 0 Å². The number of hydrogen-bond donors (Lipinski definition) is 0. The first kappa shape index (κ1) is 13.9. The monoisotopic (exact) mass is 280 g/mol. The molecule has 3 saturated heterocycles. The number of amides is 2. The Bertz CT molecular complexity index is 417. The van der Waals surface area contributed by atoms with Crippen molar-refractivity contribution in [2.75, 3.05) is 19.8 Å². The number of piperidine rings is 1. The number of ether oxygens (including phenoxy) is 1. The molecule has 5 nitrogen and oxygen atoms in total. The van der Waals surface area contributed by atoms with E-state index in [0.29, 0.717) is 13.2 Å². The van der Waals surface area contributed by atoms with E-state index in [4.69, 9.17) is 4.74 Å². The molecule has 0 aromatic carbocycles. The molecule has 5 heteroatoms. The number of carbonyl (C=O) groups excluding carboxylic acids is 2. The highest BCUT2D eigenvalue weighted by molar-refractivity contribution is 5.97. The second kappa shape index (κ2) is 5.02. The lowest BCUT2D eigenvalue weighted by Gasteiger charge is -2.53. The average molecular weight is 280 g/mol. The van der Waals surface area contributed by atoms with Gasteiger partial charge in [0, 0.05) is 25.3 Å². The van der Waals surface area contributed by atoms with Gasteiger partial charge in [0.1, 0.15) is 12.1 Å². The van der Waals surface area contributed by atoms with Gasteiger partial charge in [0.25, 0.3) is 0 Å². The third kappa shape index (κ3) is 2.03. The van der Waals surface area contributed by atoms with Gasteiger partial charge in [-0.2, -0.15) is 0 Å². The van der Waals surface area contributed by atoms with E-state index in [2.05, 4.69) is 6.92 Å². The van der Waals surface area contributed by atoms with Crippen molar-refractivity contribution in [2.45, 2.75) is 63.6 Å². The maximum Gasteiger partial charge on any atom is 0.246 e. The van der Waals surface area contributed by atoms with Gasteiger partial charge in [0.2, 0.25) is 11.8 Å². The first-order valence-electron chi connectivity index (χ1n) is 7.76. The molecule has 0 radical (unpaired) electrons. The molecule has 3 rings (SSSR count). The maximum absolute atomic E-state index is 12.9. The Balaban J connectivity index is 1.90. The summed E-state index contributed by atoms with van der Waals surface area (Å²) < 4.78 is 5.43. The summed E-state index contributed by atoms with van der Waals surface area (Å²) in [6.07, 6.45) is 4.53. The summed E-state index contributed by atoms with van der Waals surface area (Å²) in [5, 5.41) is 0. The lowest BCUT2D eigenvalue weighted by atomic mass is 9.85. The number of fused-ring (bicyclic) bond motifs is 1. The van der Waals surface area contributed by atoms with E-state index in [1.807, 2.05) is 16.7 Å². The van der Waals surface area contributed by atoms with Crippen LogP contribution in [0.25, 0.3) is 0 Å². The fourth-order valence-electron chi connectivity index (χ4n) is 3.94. The first-order chi connectivity index (χ1) is 9.54. The molecule has 0 aromatic rings. The van der Waals surface area contributed by atoms with Crippen LogP contribution in [-0.4, -0.2) is 59.0 Å². The van der Waals surface area contributed by atoms with Gasteiger partial charge in [-0.25, -0.2) is 0 Å². The highest BCUT2D eigenvalue weighted by atomic mass is 16.5. The standard InChI is InChI=1S/C15H24N2O3/c1-11-13(18)16-8-4-3-5-12(16)14(19)17(11)15(2)6-9-20-10-7-15/h11-12H,3-10H2,1-2H3. The van der Waals surface area contributed by atoms with E-state index < -0.39 is 0 Å². The number of nitrogens with zero attached hydrogens (tertiary/aromatic N) is 2. The molecule has 0 spiro atoms. The number of hydrogen-bond acceptors (Lipinski definition) is 3. The minimum atomic E-state index is -0.333. The van der Waals surface area contributed by atoms with Crippen molar-refractivity contribution >= 4 is 11.8 Å². The quantitative estimate of drug-likeness (QED) is 0.724. The average Bonchev–Trinajstić information content (AvgIpc) is 2.46. The Morgan fingerprint density at radius 3 is 2.55 bits per heavy atom. The minimum Gasteiger partial charge on any atom is -0.381 e. The second-order valence-corrected chi connectivity index (χ2v) is 6.54. The van der Waals surface area contributed by atoms with Gasteiger partial charge >= 0.3 is 0 Å². The maximum atomic E-state index is 12.9. The summed E-state index contributed by atoms with van der Waals surface area (Å²) in [7, 11) is 0. The molecular weight excluding hydrogens is 256 g/mol. The van der Waals surface area contributed by atoms with E-state index in [-0.39, 0.29) is 29.4 Å². The van der Waals surface area contributed by atoms with Crippen molar-refractivity contribution in [3.63, 3.8) is 0 Å². The number of piperazine rings is 1. The molecule has 2 amide bonds. The Morgan fingerprint density at radius 1 is 1.15 bits per heavy atom. The summed E-state index contributed by atoms with van der Waals surface area (Å²) in [6.45, 7) is 6.08. The van der Waals surface area contributed by atoms with Gasteiger partial charge in [-0.15, -0.1) is 0 Å². The lowest BCUT2D eigenvalue weighted by molar-refractivity contribution is -0.173. The highest BCUT2D eigenvalue weighted by Crippen LogP contribution is 2.35. The van der Waals surface area contributed by atoms with E-state index in [0.717, 1.165) is 38.6 Å². The van der Waals surface area contributed by atoms with Crippen LogP contribution in [0.15, 0.2) is 0 Å². The zero-order chi connectivity index (χ0) is 14.3. The number of carbonyl (C=O) groups is 2. The molecule has 0 bridgehead atoms. The van der Waals surface area contributed by atoms with Crippen LogP contribution in [0.2, 0.25) is 0 Å². The summed E-state index contributed by atoms with van der Waals surface area (Å²) in [4.78, 5) is 29.2. The van der Waals surface area contributed by atoms with Gasteiger partial charge in [0.05, 0.1) is 0 Å². The molecule has 3 aliphatic rings. The fourth-order valence-corrected chi connectivity index (χ4v) is 3.94. The van der Waals surface area contributed by atoms with Crippen molar-refractivity contribution in [3.8, 4) is 0 Å². The molecule has 0 aliphatic carbocycles. The fraction of sp³-hybridized carbons (Fsp3) is 0.867. The molecule has 3 fully saturated rings. The van der Waals surface area contributed by atoms with E-state index in [1.165, 1.54) is 0 Å². The van der Waals surface area contributed by atoms with Crippen LogP contribution in [0.1, 0.15) is 46.0 Å². The van der Waals surface area contributed by atoms with Gasteiger partial charge in [0.15, 0.2) is 0 Å². The van der Waals surface area contributed by atoms with Gasteiger partial charge < -0.3 is 14.5 Å². The summed E-state index contributed by atoms with van der Waals surface area (Å²) in [6, 6.07) is -0.549. The Morgan fingerprint density at radius 2 is 1.85 bits per heavy atom. The predicted octanol–water partition coefficient (Wildman–Crippen LogP) is 1.17. The molecule has 2 atom stereocenters. The SMILES string of the molecule is CC1C(=O)N2CCCCC2C(=O)N1C1(C)CCOCC1. The van der Waals surface area contributed by atoms with Gasteiger partial charge in [-0.05, 0) is 46.0 Å². The van der Waals surface area contributed by atoms with E-state index in [1.54, 1.807) is 0 Å². The zero-order valence-corrected chi connectivity index (χ0v) is 12.4. The normalized spacial score (nSPS) is 34.1. The second-order valence-electron chi connectivity index (χ2n) is 6.54. The zero-order valence-electron chi connectivity index (χ0n) is 12.4. The Labute approximate surface area is 120 Å². The van der Waals surface area contributed by atoms with Crippen molar-refractivity contribution in [1.29, 1.82) is 0 Å². The van der Waals surface area contributed by atoms with Crippen LogP contribution in [0.5, 0.6) is 0 Å². The minimum absolute atomic E-state index is 0.127. The summed E-state index contributed by atoms with van der Waals surface area (Å²) in [5.41, 5.74) is -0.228. The third-order valence-electron chi connectivity index (χ3n) is 5.20. The third-order valence-corrected chi connectivity index (χ3v) is 5.20. The van der Waals surface area contributed by atoms with Crippen molar-refractivity contribution in [2.24, 2.45) is 0 Å². The Hall–Kier alpha value is -1.10. The van der Waals surface area contributed by atoms with Gasteiger partial charge in [-0.1, -0.05) is 0 Å². The number of rotatable bonds is 1. The molecular formula is C15H24N2O3. The molecule has 2 unspecified atom stereocenters. The van der Waals surface area contributed by atoms with Gasteiger partial charge in [-0.3, -0.25) is 9.59 Å². The predicted molar refractivity (Wildman–Crippen MR) is 74.1 cm³/mol. The Kier molecular flexibility index (Phi) is 3.48. The van der Waals surface area contributed by atoms with Crippen LogP contribution >= 0.6 is 0 Å². The molecule has 0 aromatic heterocycles. The van der Waals surface area contributed by atoms with Crippen LogP contribution in [0.3, 0.4) is 0 Å². The van der Waals surface area contributed by atoms with E-state index in [9.17, 15) is 9.59 Å². The van der Waals surface area contributed by atoms with Crippen LogP contribution in [-0.2, 0) is 14.3 Å².